The van der Waals surface area contributed by atoms with Gasteiger partial charge in [-0.25, -0.2) is 4.79 Å². The van der Waals surface area contributed by atoms with Crippen LogP contribution in [-0.2, 0) is 0 Å². The fraction of sp³-hybridized carbons (Fsp3) is 0.200. The summed E-state index contributed by atoms with van der Waals surface area (Å²) in [5, 5.41) is 11.4. The fourth-order valence-electron chi connectivity index (χ4n) is 3.22. The lowest BCUT2D eigenvalue weighted by Crippen LogP contribution is -2.47. The Morgan fingerprint density at radius 1 is 1.00 bits per heavy atom. The van der Waals surface area contributed by atoms with Gasteiger partial charge in [-0.3, -0.25) is 0 Å². The molecule has 2 aromatic heterocycles. The SMILES string of the molecule is N#Cc1c(N2CCN(c3ccccc3)CC2)cc(-c2cccs2)oc1=O. The molecule has 3 heterocycles. The van der Waals surface area contributed by atoms with Gasteiger partial charge in [0, 0.05) is 37.9 Å². The zero-order valence-corrected chi connectivity index (χ0v) is 14.9. The van der Waals surface area contributed by atoms with Gasteiger partial charge in [0.05, 0.1) is 10.6 Å². The van der Waals surface area contributed by atoms with Crippen molar-refractivity contribution in [3.63, 3.8) is 0 Å². The molecule has 6 heteroatoms. The molecule has 3 aromatic rings. The van der Waals surface area contributed by atoms with Gasteiger partial charge in [-0.15, -0.1) is 11.3 Å². The van der Waals surface area contributed by atoms with E-state index in [9.17, 15) is 10.1 Å². The van der Waals surface area contributed by atoms with Crippen molar-refractivity contribution in [1.29, 1.82) is 5.26 Å². The van der Waals surface area contributed by atoms with Crippen LogP contribution in [0.3, 0.4) is 0 Å². The van der Waals surface area contributed by atoms with E-state index >= 15 is 0 Å². The van der Waals surface area contributed by atoms with Gasteiger partial charge >= 0.3 is 5.63 Å². The summed E-state index contributed by atoms with van der Waals surface area (Å²) in [6.45, 7) is 3.17. The number of para-hydroxylation sites is 1. The van der Waals surface area contributed by atoms with E-state index in [1.807, 2.05) is 47.8 Å². The topological polar surface area (TPSA) is 60.5 Å². The molecule has 1 aliphatic heterocycles. The van der Waals surface area contributed by atoms with E-state index in [-0.39, 0.29) is 5.56 Å². The number of piperazine rings is 1. The molecule has 0 saturated carbocycles. The number of rotatable bonds is 3. The van der Waals surface area contributed by atoms with Crippen LogP contribution in [0.5, 0.6) is 0 Å². The monoisotopic (exact) mass is 363 g/mol. The van der Waals surface area contributed by atoms with Crippen LogP contribution in [0.25, 0.3) is 10.6 Å². The smallest absolute Gasteiger partial charge is 0.356 e. The molecule has 0 amide bonds. The number of hydrogen-bond acceptors (Lipinski definition) is 6. The number of thiophene rings is 1. The highest BCUT2D eigenvalue weighted by molar-refractivity contribution is 7.13. The average molecular weight is 363 g/mol. The van der Waals surface area contributed by atoms with Crippen LogP contribution in [0, 0.1) is 11.3 Å². The second kappa shape index (κ2) is 7.06. The number of nitrogens with zero attached hydrogens (tertiary/aromatic N) is 3. The highest BCUT2D eigenvalue weighted by Crippen LogP contribution is 2.29. The highest BCUT2D eigenvalue weighted by atomic mass is 32.1. The zero-order chi connectivity index (χ0) is 17.9. The summed E-state index contributed by atoms with van der Waals surface area (Å²) < 4.78 is 5.36. The Morgan fingerprint density at radius 2 is 1.73 bits per heavy atom. The Morgan fingerprint density at radius 3 is 2.38 bits per heavy atom. The van der Waals surface area contributed by atoms with Crippen LogP contribution in [0.2, 0.25) is 0 Å². The van der Waals surface area contributed by atoms with E-state index in [4.69, 9.17) is 4.42 Å². The molecule has 0 spiro atoms. The normalized spacial score (nSPS) is 14.3. The highest BCUT2D eigenvalue weighted by Gasteiger charge is 2.23. The Kier molecular flexibility index (Phi) is 4.46. The summed E-state index contributed by atoms with van der Waals surface area (Å²) >= 11 is 1.51. The van der Waals surface area contributed by atoms with Crippen molar-refractivity contribution >= 4 is 22.7 Å². The lowest BCUT2D eigenvalue weighted by atomic mass is 10.1. The van der Waals surface area contributed by atoms with Crippen molar-refractivity contribution in [3.8, 4) is 16.7 Å². The number of hydrogen-bond donors (Lipinski definition) is 0. The third kappa shape index (κ3) is 3.09. The minimum atomic E-state index is -0.570. The van der Waals surface area contributed by atoms with E-state index in [0.29, 0.717) is 11.4 Å². The van der Waals surface area contributed by atoms with Crippen LogP contribution < -0.4 is 15.4 Å². The predicted octanol–water partition coefficient (Wildman–Crippen LogP) is 3.57. The van der Waals surface area contributed by atoms with Crippen molar-refractivity contribution in [2.75, 3.05) is 36.0 Å². The van der Waals surface area contributed by atoms with Gasteiger partial charge in [-0.05, 0) is 23.6 Å². The molecule has 5 nitrogen and oxygen atoms in total. The van der Waals surface area contributed by atoms with Crippen LogP contribution >= 0.6 is 11.3 Å². The van der Waals surface area contributed by atoms with E-state index < -0.39 is 5.63 Å². The third-order valence-electron chi connectivity index (χ3n) is 4.55. The van der Waals surface area contributed by atoms with Gasteiger partial charge in [-0.2, -0.15) is 5.26 Å². The van der Waals surface area contributed by atoms with Gasteiger partial charge in [0.15, 0.2) is 11.3 Å². The van der Waals surface area contributed by atoms with Gasteiger partial charge in [0.25, 0.3) is 0 Å². The van der Waals surface area contributed by atoms with Crippen molar-refractivity contribution in [1.82, 2.24) is 0 Å². The predicted molar refractivity (Wildman–Crippen MR) is 104 cm³/mol. The molecule has 1 aliphatic rings. The molecule has 26 heavy (non-hydrogen) atoms. The van der Waals surface area contributed by atoms with Crippen molar-refractivity contribution in [2.45, 2.75) is 0 Å². The summed E-state index contributed by atoms with van der Waals surface area (Å²) in [5.41, 5.74) is 1.37. The molecule has 0 bridgehead atoms. The van der Waals surface area contributed by atoms with E-state index in [1.54, 1.807) is 0 Å². The van der Waals surface area contributed by atoms with Gasteiger partial charge in [0.2, 0.25) is 0 Å². The molecule has 0 N–H and O–H groups in total. The van der Waals surface area contributed by atoms with Gasteiger partial charge in [-0.1, -0.05) is 24.3 Å². The maximum absolute atomic E-state index is 12.3. The molecule has 0 atom stereocenters. The second-order valence-electron chi connectivity index (χ2n) is 6.06. The quantitative estimate of drug-likeness (QED) is 0.712. The summed E-state index contributed by atoms with van der Waals surface area (Å²) in [6, 6.07) is 17.9. The molecule has 1 saturated heterocycles. The first-order chi connectivity index (χ1) is 12.8. The number of anilines is 2. The zero-order valence-electron chi connectivity index (χ0n) is 14.1. The molecule has 130 valence electrons. The first-order valence-electron chi connectivity index (χ1n) is 8.43. The molecule has 0 unspecified atom stereocenters. The van der Waals surface area contributed by atoms with Crippen molar-refractivity contribution < 1.29 is 4.42 Å². The van der Waals surface area contributed by atoms with Gasteiger partial charge in [0.1, 0.15) is 6.07 Å². The van der Waals surface area contributed by atoms with Crippen LogP contribution in [0.4, 0.5) is 11.4 Å². The Labute approximate surface area is 155 Å². The van der Waals surface area contributed by atoms with Crippen molar-refractivity contribution in [3.05, 3.63) is 69.9 Å². The molecule has 1 fully saturated rings. The minimum Gasteiger partial charge on any atom is -0.421 e. The molecular weight excluding hydrogens is 346 g/mol. The molecule has 0 radical (unpaired) electrons. The third-order valence-corrected chi connectivity index (χ3v) is 5.43. The lowest BCUT2D eigenvalue weighted by Gasteiger charge is -2.37. The standard InChI is InChI=1S/C20H17N3O2S/c21-14-16-17(13-18(25-20(16)24)19-7-4-12-26-19)23-10-8-22(9-11-23)15-5-2-1-3-6-15/h1-7,12-13H,8-11H2. The Hall–Kier alpha value is -3.04. The summed E-state index contributed by atoms with van der Waals surface area (Å²) in [5.74, 6) is 0.518. The summed E-state index contributed by atoms with van der Waals surface area (Å²) in [4.78, 5) is 17.6. The largest absolute Gasteiger partial charge is 0.421 e. The van der Waals surface area contributed by atoms with E-state index in [0.717, 1.165) is 31.1 Å². The van der Waals surface area contributed by atoms with Crippen LogP contribution in [0.1, 0.15) is 5.56 Å². The van der Waals surface area contributed by atoms with Crippen LogP contribution in [-0.4, -0.2) is 26.2 Å². The fourth-order valence-corrected chi connectivity index (χ4v) is 3.90. The Balaban J connectivity index is 1.62. The Bertz CT molecular complexity index is 982. The number of nitriles is 1. The van der Waals surface area contributed by atoms with E-state index in [2.05, 4.69) is 21.9 Å². The molecular formula is C20H17N3O2S. The maximum atomic E-state index is 12.3. The average Bonchev–Trinajstić information content (AvgIpc) is 3.23. The first kappa shape index (κ1) is 16.4. The summed E-state index contributed by atoms with van der Waals surface area (Å²) in [6.07, 6.45) is 0. The summed E-state index contributed by atoms with van der Waals surface area (Å²) in [7, 11) is 0. The maximum Gasteiger partial charge on any atom is 0.356 e. The molecule has 0 aliphatic carbocycles. The second-order valence-corrected chi connectivity index (χ2v) is 7.00. The minimum absolute atomic E-state index is 0.0819. The lowest BCUT2D eigenvalue weighted by molar-refractivity contribution is 0.523. The van der Waals surface area contributed by atoms with Crippen LogP contribution in [0.15, 0.2) is 63.1 Å². The molecule has 1 aromatic carbocycles. The molecule has 4 rings (SSSR count). The van der Waals surface area contributed by atoms with Gasteiger partial charge < -0.3 is 14.2 Å². The number of benzene rings is 1. The first-order valence-corrected chi connectivity index (χ1v) is 9.31. The van der Waals surface area contributed by atoms with Crippen molar-refractivity contribution in [2.24, 2.45) is 0 Å². The van der Waals surface area contributed by atoms with E-state index in [1.165, 1.54) is 17.0 Å².